The third-order valence-corrected chi connectivity index (χ3v) is 5.50. The Labute approximate surface area is 184 Å². The summed E-state index contributed by atoms with van der Waals surface area (Å²) in [4.78, 5) is 28.7. The van der Waals surface area contributed by atoms with Gasteiger partial charge in [0.15, 0.2) is 0 Å². The van der Waals surface area contributed by atoms with E-state index >= 15 is 0 Å². The molecule has 0 aromatic heterocycles. The average molecular weight is 431 g/mol. The van der Waals surface area contributed by atoms with Crippen molar-refractivity contribution < 1.29 is 9.59 Å². The molecule has 0 radical (unpaired) electrons. The van der Waals surface area contributed by atoms with Gasteiger partial charge in [0.1, 0.15) is 0 Å². The van der Waals surface area contributed by atoms with Gasteiger partial charge in [0.25, 0.3) is 5.91 Å². The molecule has 2 atom stereocenters. The van der Waals surface area contributed by atoms with E-state index in [0.717, 1.165) is 6.54 Å². The summed E-state index contributed by atoms with van der Waals surface area (Å²) in [6.45, 7) is 7.05. The van der Waals surface area contributed by atoms with E-state index in [-0.39, 0.29) is 36.2 Å². The molecule has 1 saturated heterocycles. The maximum Gasteiger partial charge on any atom is 0.253 e. The zero-order valence-electron chi connectivity index (χ0n) is 17.6. The fourth-order valence-electron chi connectivity index (χ4n) is 3.89. The van der Waals surface area contributed by atoms with Crippen molar-refractivity contribution in [2.45, 2.75) is 25.8 Å². The first-order valence-electron chi connectivity index (χ1n) is 10.2. The lowest BCUT2D eigenvalue weighted by Gasteiger charge is -2.19. The summed E-state index contributed by atoms with van der Waals surface area (Å²) in [6, 6.07) is 17.3. The molecular weight excluding hydrogens is 400 g/mol. The van der Waals surface area contributed by atoms with Gasteiger partial charge in [-0.3, -0.25) is 14.5 Å². The van der Waals surface area contributed by atoms with Gasteiger partial charge in [0.05, 0.1) is 6.54 Å². The van der Waals surface area contributed by atoms with E-state index in [2.05, 4.69) is 22.3 Å². The fraction of sp³-hybridized carbons (Fsp3) is 0.391. The van der Waals surface area contributed by atoms with Crippen LogP contribution >= 0.6 is 12.4 Å². The Bertz CT molecular complexity index is 825. The summed E-state index contributed by atoms with van der Waals surface area (Å²) >= 11 is 0. The normalized spacial score (nSPS) is 18.5. The zero-order chi connectivity index (χ0) is 20.8. The second-order valence-electron chi connectivity index (χ2n) is 7.48. The quantitative estimate of drug-likeness (QED) is 0.707. The maximum absolute atomic E-state index is 12.5. The van der Waals surface area contributed by atoms with Crippen LogP contribution in [0.1, 0.15) is 35.7 Å². The Balaban J connectivity index is 0.00000320. The van der Waals surface area contributed by atoms with Gasteiger partial charge in [0.2, 0.25) is 5.91 Å². The molecule has 0 unspecified atom stereocenters. The van der Waals surface area contributed by atoms with Crippen molar-refractivity contribution >= 4 is 29.9 Å². The van der Waals surface area contributed by atoms with Gasteiger partial charge in [-0.2, -0.15) is 0 Å². The monoisotopic (exact) mass is 430 g/mol. The van der Waals surface area contributed by atoms with Crippen LogP contribution in [0, 0.1) is 0 Å². The van der Waals surface area contributed by atoms with E-state index in [1.807, 2.05) is 32.0 Å². The molecule has 2 aromatic rings. The molecule has 0 spiro atoms. The van der Waals surface area contributed by atoms with Gasteiger partial charge in [-0.15, -0.1) is 12.4 Å². The van der Waals surface area contributed by atoms with Gasteiger partial charge < -0.3 is 16.0 Å². The van der Waals surface area contributed by atoms with Gasteiger partial charge in [-0.25, -0.2) is 0 Å². The Morgan fingerprint density at radius 2 is 1.67 bits per heavy atom. The summed E-state index contributed by atoms with van der Waals surface area (Å²) in [5.41, 5.74) is 8.85. The molecule has 2 aromatic carbocycles. The lowest BCUT2D eigenvalue weighted by molar-refractivity contribution is -0.117. The molecule has 1 aliphatic rings. The van der Waals surface area contributed by atoms with E-state index in [9.17, 15) is 9.59 Å². The Morgan fingerprint density at radius 1 is 1.03 bits per heavy atom. The minimum absolute atomic E-state index is 0. The zero-order valence-corrected chi connectivity index (χ0v) is 18.4. The minimum atomic E-state index is -0.0752. The standard InChI is InChI=1S/C23H30N4O2.ClH/c1-3-27(4-2)23(29)18-10-12-19(13-11-18)25-22(28)16-26-14-20(21(24)15-26)17-8-6-5-7-9-17;/h5-13,20-21H,3-4,14-16,24H2,1-2H3,(H,25,28);1H/t20-,21+;/m0./s1. The van der Waals surface area contributed by atoms with Crippen molar-refractivity contribution in [3.05, 3.63) is 65.7 Å². The second-order valence-corrected chi connectivity index (χ2v) is 7.48. The molecule has 0 bridgehead atoms. The lowest BCUT2D eigenvalue weighted by atomic mass is 9.95. The van der Waals surface area contributed by atoms with E-state index in [0.29, 0.717) is 37.4 Å². The number of hydrogen-bond donors (Lipinski definition) is 2. The van der Waals surface area contributed by atoms with Crippen LogP contribution in [0.15, 0.2) is 54.6 Å². The molecule has 0 saturated carbocycles. The predicted octanol–water partition coefficient (Wildman–Crippen LogP) is 2.96. The molecule has 7 heteroatoms. The number of carbonyl (C=O) groups excluding carboxylic acids is 2. The minimum Gasteiger partial charge on any atom is -0.339 e. The van der Waals surface area contributed by atoms with Crippen LogP contribution in [0.4, 0.5) is 5.69 Å². The lowest BCUT2D eigenvalue weighted by Crippen LogP contribution is -2.33. The highest BCUT2D eigenvalue weighted by molar-refractivity contribution is 5.96. The smallest absolute Gasteiger partial charge is 0.253 e. The van der Waals surface area contributed by atoms with Crippen molar-refractivity contribution in [3.63, 3.8) is 0 Å². The first-order valence-corrected chi connectivity index (χ1v) is 10.2. The molecule has 162 valence electrons. The number of halogens is 1. The predicted molar refractivity (Wildman–Crippen MR) is 123 cm³/mol. The molecule has 3 N–H and O–H groups in total. The largest absolute Gasteiger partial charge is 0.339 e. The number of anilines is 1. The first-order chi connectivity index (χ1) is 14.0. The van der Waals surface area contributed by atoms with E-state index in [1.54, 1.807) is 29.2 Å². The highest BCUT2D eigenvalue weighted by Crippen LogP contribution is 2.26. The van der Waals surface area contributed by atoms with Crippen molar-refractivity contribution in [3.8, 4) is 0 Å². The first kappa shape index (κ1) is 23.9. The van der Waals surface area contributed by atoms with E-state index < -0.39 is 0 Å². The summed E-state index contributed by atoms with van der Waals surface area (Å²) in [7, 11) is 0. The van der Waals surface area contributed by atoms with Crippen molar-refractivity contribution in [2.75, 3.05) is 38.0 Å². The summed E-state index contributed by atoms with van der Waals surface area (Å²) < 4.78 is 0. The third-order valence-electron chi connectivity index (χ3n) is 5.50. The topological polar surface area (TPSA) is 78.7 Å². The van der Waals surface area contributed by atoms with Gasteiger partial charge in [0, 0.05) is 49.4 Å². The third kappa shape index (κ3) is 5.81. The fourth-order valence-corrected chi connectivity index (χ4v) is 3.89. The summed E-state index contributed by atoms with van der Waals surface area (Å²) in [6.07, 6.45) is 0. The van der Waals surface area contributed by atoms with Crippen LogP contribution in [0.3, 0.4) is 0 Å². The SMILES string of the molecule is CCN(CC)C(=O)c1ccc(NC(=O)CN2C[C@@H](N)[C@H](c3ccccc3)C2)cc1.Cl. The van der Waals surface area contributed by atoms with Gasteiger partial charge >= 0.3 is 0 Å². The highest BCUT2D eigenvalue weighted by atomic mass is 35.5. The van der Waals surface area contributed by atoms with Crippen LogP contribution in [0.5, 0.6) is 0 Å². The molecule has 3 rings (SSSR count). The number of hydrogen-bond acceptors (Lipinski definition) is 4. The number of amides is 2. The van der Waals surface area contributed by atoms with Gasteiger partial charge in [-0.05, 0) is 43.7 Å². The maximum atomic E-state index is 12.5. The number of likely N-dealkylation sites (tertiary alicyclic amines) is 1. The number of rotatable bonds is 7. The van der Waals surface area contributed by atoms with Crippen LogP contribution in [0.25, 0.3) is 0 Å². The van der Waals surface area contributed by atoms with Gasteiger partial charge in [-0.1, -0.05) is 30.3 Å². The Kier molecular flexibility index (Phi) is 8.84. The van der Waals surface area contributed by atoms with E-state index in [1.165, 1.54) is 5.56 Å². The second kappa shape index (κ2) is 11.1. The Hall–Kier alpha value is -2.41. The Morgan fingerprint density at radius 3 is 2.27 bits per heavy atom. The summed E-state index contributed by atoms with van der Waals surface area (Å²) in [5, 5.41) is 2.92. The van der Waals surface area contributed by atoms with Crippen LogP contribution < -0.4 is 11.1 Å². The molecule has 0 aliphatic carbocycles. The van der Waals surface area contributed by atoms with E-state index in [4.69, 9.17) is 5.73 Å². The average Bonchev–Trinajstić information content (AvgIpc) is 3.09. The number of nitrogens with zero attached hydrogens (tertiary/aromatic N) is 2. The molecule has 1 fully saturated rings. The molecule has 1 aliphatic heterocycles. The number of carbonyl (C=O) groups is 2. The van der Waals surface area contributed by atoms with Crippen LogP contribution in [0.2, 0.25) is 0 Å². The molecular formula is C23H31ClN4O2. The van der Waals surface area contributed by atoms with Crippen molar-refractivity contribution in [1.29, 1.82) is 0 Å². The molecule has 30 heavy (non-hydrogen) atoms. The number of nitrogens with two attached hydrogens (primary N) is 1. The van der Waals surface area contributed by atoms with Crippen molar-refractivity contribution in [1.82, 2.24) is 9.80 Å². The molecule has 2 amide bonds. The summed E-state index contributed by atoms with van der Waals surface area (Å²) in [5.74, 6) is 0.175. The van der Waals surface area contributed by atoms with Crippen molar-refractivity contribution in [2.24, 2.45) is 5.73 Å². The van der Waals surface area contributed by atoms with Crippen LogP contribution in [-0.2, 0) is 4.79 Å². The number of benzene rings is 2. The molecule has 1 heterocycles. The van der Waals surface area contributed by atoms with Crippen LogP contribution in [-0.4, -0.2) is 60.4 Å². The number of nitrogens with one attached hydrogen (secondary N) is 1. The highest BCUT2D eigenvalue weighted by Gasteiger charge is 2.31. The molecule has 6 nitrogen and oxygen atoms in total.